The summed E-state index contributed by atoms with van der Waals surface area (Å²) in [5.74, 6) is 0.760. The summed E-state index contributed by atoms with van der Waals surface area (Å²) in [5.41, 5.74) is 4.96. The van der Waals surface area contributed by atoms with E-state index in [1.807, 2.05) is 0 Å². The number of hydrogen-bond donors (Lipinski definition) is 0. The van der Waals surface area contributed by atoms with Gasteiger partial charge < -0.3 is 0 Å². The topological polar surface area (TPSA) is 0 Å². The molecule has 0 spiro atoms. The molecule has 0 fully saturated rings. The maximum absolute atomic E-state index is 2.44. The van der Waals surface area contributed by atoms with Crippen LogP contribution in [-0.4, -0.2) is 0 Å². The minimum Gasteiger partial charge on any atom is -0.0585 e. The molecule has 1 aromatic rings. The van der Waals surface area contributed by atoms with E-state index >= 15 is 0 Å². The number of rotatable bonds is 0. The predicted octanol–water partition coefficient (Wildman–Crippen LogP) is 4.42. The lowest BCUT2D eigenvalue weighted by Gasteiger charge is -2.26. The summed E-state index contributed by atoms with van der Waals surface area (Å²) >= 11 is 0. The molecule has 0 radical (unpaired) electrons. The summed E-state index contributed by atoms with van der Waals surface area (Å²) in [7, 11) is 0. The first-order valence-corrected chi connectivity index (χ1v) is 6.12. The predicted molar refractivity (Wildman–Crippen MR) is 66.5 cm³/mol. The molecular weight excluding hydrogens is 180 g/mol. The first-order valence-electron chi connectivity index (χ1n) is 6.12. The smallest absolute Gasteiger partial charge is 0.0132 e. The van der Waals surface area contributed by atoms with Gasteiger partial charge in [-0.2, -0.15) is 0 Å². The van der Waals surface area contributed by atoms with Gasteiger partial charge in [0.2, 0.25) is 0 Å². The number of fused-ring (bicyclic) bond motifs is 1. The quantitative estimate of drug-likeness (QED) is 0.584. The van der Waals surface area contributed by atoms with Crippen LogP contribution in [0.4, 0.5) is 0 Å². The fourth-order valence-electron chi connectivity index (χ4n) is 2.50. The Kier molecular flexibility index (Phi) is 2.62. The lowest BCUT2D eigenvalue weighted by atomic mass is 9.79. The van der Waals surface area contributed by atoms with Gasteiger partial charge in [0.25, 0.3) is 0 Å². The number of benzene rings is 1. The van der Waals surface area contributed by atoms with Crippen LogP contribution >= 0.6 is 0 Å². The van der Waals surface area contributed by atoms with Crippen LogP contribution in [0.3, 0.4) is 0 Å². The summed E-state index contributed by atoms with van der Waals surface area (Å²) < 4.78 is 0. The normalized spacial score (nSPS) is 21.2. The summed E-state index contributed by atoms with van der Waals surface area (Å²) in [5, 5.41) is 0. The first kappa shape index (κ1) is 10.7. The van der Waals surface area contributed by atoms with Crippen molar-refractivity contribution in [3.8, 4) is 0 Å². The zero-order chi connectivity index (χ0) is 11.1. The molecule has 2 rings (SSSR count). The minimum absolute atomic E-state index is 0.284. The van der Waals surface area contributed by atoms with Gasteiger partial charge in [-0.3, -0.25) is 0 Å². The molecule has 1 unspecified atom stereocenters. The summed E-state index contributed by atoms with van der Waals surface area (Å²) in [6.07, 6.45) is 4.01. The van der Waals surface area contributed by atoms with Crippen molar-refractivity contribution in [1.29, 1.82) is 0 Å². The van der Waals surface area contributed by atoms with Gasteiger partial charge in [-0.25, -0.2) is 0 Å². The highest BCUT2D eigenvalue weighted by Crippen LogP contribution is 2.34. The number of aryl methyl sites for hydroxylation is 1. The van der Waals surface area contributed by atoms with E-state index in [2.05, 4.69) is 45.9 Å². The maximum Gasteiger partial charge on any atom is -0.0132 e. The molecule has 1 atom stereocenters. The maximum atomic E-state index is 2.44. The molecule has 1 aromatic carbocycles. The highest BCUT2D eigenvalue weighted by Gasteiger charge is 2.20. The van der Waals surface area contributed by atoms with E-state index in [4.69, 9.17) is 0 Å². The van der Waals surface area contributed by atoms with Crippen LogP contribution in [0.15, 0.2) is 18.2 Å². The Bertz CT molecular complexity index is 355. The van der Waals surface area contributed by atoms with E-state index in [0.717, 1.165) is 5.92 Å². The molecule has 0 saturated heterocycles. The highest BCUT2D eigenvalue weighted by atomic mass is 14.2. The molecule has 0 aromatic heterocycles. The third kappa shape index (κ3) is 2.09. The monoisotopic (exact) mass is 202 g/mol. The molecule has 15 heavy (non-hydrogen) atoms. The SMILES string of the molecule is CC1CCCc2ccc(C(C)(C)C)cc21. The van der Waals surface area contributed by atoms with Crippen LogP contribution in [0.5, 0.6) is 0 Å². The Hall–Kier alpha value is -0.780. The molecule has 82 valence electrons. The van der Waals surface area contributed by atoms with E-state index in [0.29, 0.717) is 0 Å². The van der Waals surface area contributed by atoms with Gasteiger partial charge in [-0.05, 0) is 47.3 Å². The van der Waals surface area contributed by atoms with Crippen molar-refractivity contribution < 1.29 is 0 Å². The van der Waals surface area contributed by atoms with Crippen LogP contribution in [-0.2, 0) is 11.8 Å². The van der Waals surface area contributed by atoms with Gasteiger partial charge >= 0.3 is 0 Å². The standard InChI is InChI=1S/C15H22/c1-11-6-5-7-12-8-9-13(10-14(11)12)15(2,3)4/h8-11H,5-7H2,1-4H3. The average molecular weight is 202 g/mol. The Labute approximate surface area is 93.7 Å². The zero-order valence-corrected chi connectivity index (χ0v) is 10.4. The molecule has 0 N–H and O–H groups in total. The summed E-state index contributed by atoms with van der Waals surface area (Å²) in [4.78, 5) is 0. The van der Waals surface area contributed by atoms with Gasteiger partial charge in [0.1, 0.15) is 0 Å². The second-order valence-electron chi connectivity index (χ2n) is 5.96. The Balaban J connectivity index is 2.44. The van der Waals surface area contributed by atoms with E-state index in [1.54, 1.807) is 11.1 Å². The molecule has 0 aliphatic heterocycles. The van der Waals surface area contributed by atoms with Crippen molar-refractivity contribution in [2.75, 3.05) is 0 Å². The molecule has 0 amide bonds. The van der Waals surface area contributed by atoms with Crippen molar-refractivity contribution in [2.24, 2.45) is 0 Å². The number of hydrogen-bond acceptors (Lipinski definition) is 0. The molecular formula is C15H22. The van der Waals surface area contributed by atoms with Gasteiger partial charge in [-0.1, -0.05) is 45.9 Å². The van der Waals surface area contributed by atoms with E-state index in [9.17, 15) is 0 Å². The van der Waals surface area contributed by atoms with E-state index in [1.165, 1.54) is 24.8 Å². The van der Waals surface area contributed by atoms with Crippen LogP contribution in [0.2, 0.25) is 0 Å². The summed E-state index contributed by atoms with van der Waals surface area (Å²) in [6, 6.07) is 7.11. The van der Waals surface area contributed by atoms with E-state index in [-0.39, 0.29) is 5.41 Å². The van der Waals surface area contributed by atoms with Crippen LogP contribution < -0.4 is 0 Å². The molecule has 0 nitrogen and oxygen atoms in total. The van der Waals surface area contributed by atoms with Crippen molar-refractivity contribution in [1.82, 2.24) is 0 Å². The molecule has 0 bridgehead atoms. The average Bonchev–Trinajstić information content (AvgIpc) is 2.16. The summed E-state index contributed by atoms with van der Waals surface area (Å²) in [6.45, 7) is 9.25. The van der Waals surface area contributed by atoms with Crippen molar-refractivity contribution in [3.63, 3.8) is 0 Å². The van der Waals surface area contributed by atoms with Gasteiger partial charge in [0.15, 0.2) is 0 Å². The Morgan fingerprint density at radius 2 is 1.93 bits per heavy atom. The highest BCUT2D eigenvalue weighted by molar-refractivity contribution is 5.38. The van der Waals surface area contributed by atoms with Crippen LogP contribution in [0.1, 0.15) is 63.1 Å². The lowest BCUT2D eigenvalue weighted by Crippen LogP contribution is -2.14. The second-order valence-corrected chi connectivity index (χ2v) is 5.96. The molecule has 0 heteroatoms. The van der Waals surface area contributed by atoms with Crippen molar-refractivity contribution >= 4 is 0 Å². The van der Waals surface area contributed by atoms with Crippen molar-refractivity contribution in [3.05, 3.63) is 34.9 Å². The fourth-order valence-corrected chi connectivity index (χ4v) is 2.50. The molecule has 0 saturated carbocycles. The largest absolute Gasteiger partial charge is 0.0585 e. The van der Waals surface area contributed by atoms with Gasteiger partial charge in [0, 0.05) is 0 Å². The first-order chi connectivity index (χ1) is 6.98. The fraction of sp³-hybridized carbons (Fsp3) is 0.600. The second kappa shape index (κ2) is 3.66. The minimum atomic E-state index is 0.284. The van der Waals surface area contributed by atoms with Crippen molar-refractivity contribution in [2.45, 2.75) is 58.3 Å². The molecule has 1 aliphatic carbocycles. The third-order valence-corrected chi connectivity index (χ3v) is 3.63. The molecule has 0 heterocycles. The van der Waals surface area contributed by atoms with Crippen LogP contribution in [0.25, 0.3) is 0 Å². The van der Waals surface area contributed by atoms with Gasteiger partial charge in [-0.15, -0.1) is 0 Å². The molecule has 1 aliphatic rings. The lowest BCUT2D eigenvalue weighted by molar-refractivity contribution is 0.568. The van der Waals surface area contributed by atoms with Crippen LogP contribution in [0, 0.1) is 0 Å². The Morgan fingerprint density at radius 1 is 1.20 bits per heavy atom. The van der Waals surface area contributed by atoms with E-state index < -0.39 is 0 Å². The Morgan fingerprint density at radius 3 is 2.60 bits per heavy atom. The third-order valence-electron chi connectivity index (χ3n) is 3.63. The zero-order valence-electron chi connectivity index (χ0n) is 10.4. The van der Waals surface area contributed by atoms with Gasteiger partial charge in [0.05, 0.1) is 0 Å².